The SMILES string of the molecule is CCn1ncnc1CN1C(=O)CNC(=O)C1CC(C)C. The maximum atomic E-state index is 12.1. The number of nitrogens with zero attached hydrogens (tertiary/aromatic N) is 4. The topological polar surface area (TPSA) is 80.1 Å². The van der Waals surface area contributed by atoms with Gasteiger partial charge in [-0.25, -0.2) is 9.67 Å². The van der Waals surface area contributed by atoms with Crippen LogP contribution < -0.4 is 5.32 Å². The largest absolute Gasteiger partial charge is 0.345 e. The van der Waals surface area contributed by atoms with Crippen molar-refractivity contribution in [2.45, 2.75) is 46.3 Å². The van der Waals surface area contributed by atoms with Gasteiger partial charge in [-0.3, -0.25) is 9.59 Å². The van der Waals surface area contributed by atoms with Crippen molar-refractivity contribution in [3.63, 3.8) is 0 Å². The van der Waals surface area contributed by atoms with Crippen LogP contribution in [0.2, 0.25) is 0 Å². The highest BCUT2D eigenvalue weighted by atomic mass is 16.2. The third-order valence-corrected chi connectivity index (χ3v) is 3.41. The second kappa shape index (κ2) is 6.02. The molecule has 2 amide bonds. The second-order valence-electron chi connectivity index (χ2n) is 5.38. The Morgan fingerprint density at radius 2 is 2.20 bits per heavy atom. The molecule has 1 aliphatic heterocycles. The minimum absolute atomic E-state index is 0.0632. The predicted molar refractivity (Wildman–Crippen MR) is 72.5 cm³/mol. The maximum absolute atomic E-state index is 12.1. The first-order valence-corrected chi connectivity index (χ1v) is 6.96. The molecule has 1 aromatic rings. The molecule has 7 nitrogen and oxygen atoms in total. The second-order valence-corrected chi connectivity index (χ2v) is 5.38. The van der Waals surface area contributed by atoms with Crippen LogP contribution in [0.3, 0.4) is 0 Å². The summed E-state index contributed by atoms with van der Waals surface area (Å²) in [5, 5.41) is 6.75. The number of hydrogen-bond donors (Lipinski definition) is 1. The highest BCUT2D eigenvalue weighted by molar-refractivity contribution is 5.94. The maximum Gasteiger partial charge on any atom is 0.243 e. The number of hydrogen-bond acceptors (Lipinski definition) is 4. The van der Waals surface area contributed by atoms with Crippen LogP contribution in [0.1, 0.15) is 33.0 Å². The first-order chi connectivity index (χ1) is 9.52. The third-order valence-electron chi connectivity index (χ3n) is 3.41. The standard InChI is InChI=1S/C13H21N5O2/c1-4-18-11(15-8-16-18)7-17-10(5-9(2)3)13(20)14-6-12(17)19/h8-10H,4-7H2,1-3H3,(H,14,20). The fraction of sp³-hybridized carbons (Fsp3) is 0.692. The van der Waals surface area contributed by atoms with Gasteiger partial charge in [-0.1, -0.05) is 13.8 Å². The Balaban J connectivity index is 2.20. The first kappa shape index (κ1) is 14.5. The van der Waals surface area contributed by atoms with E-state index in [0.717, 1.165) is 0 Å². The van der Waals surface area contributed by atoms with Gasteiger partial charge in [0.15, 0.2) is 0 Å². The average molecular weight is 279 g/mol. The van der Waals surface area contributed by atoms with Gasteiger partial charge < -0.3 is 10.2 Å². The number of aryl methyl sites for hydroxylation is 1. The summed E-state index contributed by atoms with van der Waals surface area (Å²) in [5.74, 6) is 0.897. The van der Waals surface area contributed by atoms with E-state index in [-0.39, 0.29) is 18.4 Å². The summed E-state index contributed by atoms with van der Waals surface area (Å²) in [4.78, 5) is 29.9. The van der Waals surface area contributed by atoms with Gasteiger partial charge in [0, 0.05) is 6.54 Å². The van der Waals surface area contributed by atoms with Crippen LogP contribution in [0.4, 0.5) is 0 Å². The Labute approximate surface area is 118 Å². The number of amides is 2. The van der Waals surface area contributed by atoms with E-state index in [1.165, 1.54) is 6.33 Å². The lowest BCUT2D eigenvalue weighted by Gasteiger charge is -2.35. The molecule has 2 rings (SSSR count). The Hall–Kier alpha value is -1.92. The smallest absolute Gasteiger partial charge is 0.243 e. The Morgan fingerprint density at radius 1 is 1.45 bits per heavy atom. The van der Waals surface area contributed by atoms with Crippen LogP contribution in [0, 0.1) is 5.92 Å². The molecule has 0 saturated carbocycles. The van der Waals surface area contributed by atoms with Crippen molar-refractivity contribution in [3.05, 3.63) is 12.2 Å². The molecular formula is C13H21N5O2. The van der Waals surface area contributed by atoms with Crippen molar-refractivity contribution in [2.24, 2.45) is 5.92 Å². The molecule has 0 aromatic carbocycles. The van der Waals surface area contributed by atoms with Crippen molar-refractivity contribution in [1.29, 1.82) is 0 Å². The van der Waals surface area contributed by atoms with E-state index in [1.54, 1.807) is 9.58 Å². The van der Waals surface area contributed by atoms with Gasteiger partial charge in [0.2, 0.25) is 11.8 Å². The summed E-state index contributed by atoms with van der Waals surface area (Å²) in [6, 6.07) is -0.418. The molecule has 1 N–H and O–H groups in total. The number of piperazine rings is 1. The Bertz CT molecular complexity index is 497. The van der Waals surface area contributed by atoms with E-state index in [1.807, 2.05) is 20.8 Å². The summed E-state index contributed by atoms with van der Waals surface area (Å²) in [5.41, 5.74) is 0. The molecule has 0 aliphatic carbocycles. The molecule has 1 fully saturated rings. The fourth-order valence-corrected chi connectivity index (χ4v) is 2.40. The summed E-state index contributed by atoms with van der Waals surface area (Å²) in [6.07, 6.45) is 2.13. The molecular weight excluding hydrogens is 258 g/mol. The molecule has 1 unspecified atom stereocenters. The zero-order valence-corrected chi connectivity index (χ0v) is 12.2. The van der Waals surface area contributed by atoms with Gasteiger partial charge in [0.05, 0.1) is 13.1 Å². The number of rotatable bonds is 5. The molecule has 1 saturated heterocycles. The van der Waals surface area contributed by atoms with Gasteiger partial charge in [0.1, 0.15) is 18.2 Å². The van der Waals surface area contributed by atoms with Crippen LogP contribution in [0.25, 0.3) is 0 Å². The highest BCUT2D eigenvalue weighted by Crippen LogP contribution is 2.17. The number of carbonyl (C=O) groups is 2. The molecule has 7 heteroatoms. The Kier molecular flexibility index (Phi) is 4.36. The average Bonchev–Trinajstić information content (AvgIpc) is 2.85. The number of nitrogens with one attached hydrogen (secondary N) is 1. The minimum atomic E-state index is -0.418. The highest BCUT2D eigenvalue weighted by Gasteiger charge is 2.35. The zero-order chi connectivity index (χ0) is 14.7. The van der Waals surface area contributed by atoms with Gasteiger partial charge in [0.25, 0.3) is 0 Å². The quantitative estimate of drug-likeness (QED) is 0.833. The molecule has 2 heterocycles. The number of carbonyl (C=O) groups excluding carboxylic acids is 2. The molecule has 1 aliphatic rings. The third kappa shape index (κ3) is 2.97. The molecule has 0 bridgehead atoms. The van der Waals surface area contributed by atoms with Crippen molar-refractivity contribution < 1.29 is 9.59 Å². The molecule has 20 heavy (non-hydrogen) atoms. The fourth-order valence-electron chi connectivity index (χ4n) is 2.40. The van der Waals surface area contributed by atoms with Gasteiger partial charge >= 0.3 is 0 Å². The monoisotopic (exact) mass is 279 g/mol. The zero-order valence-electron chi connectivity index (χ0n) is 12.2. The van der Waals surface area contributed by atoms with E-state index >= 15 is 0 Å². The molecule has 1 aromatic heterocycles. The predicted octanol–water partition coefficient (Wildman–Crippen LogP) is 0.171. The molecule has 0 spiro atoms. The summed E-state index contributed by atoms with van der Waals surface area (Å²) in [7, 11) is 0. The van der Waals surface area contributed by atoms with Gasteiger partial charge in [-0.15, -0.1) is 0 Å². The van der Waals surface area contributed by atoms with E-state index in [9.17, 15) is 9.59 Å². The minimum Gasteiger partial charge on any atom is -0.345 e. The Morgan fingerprint density at radius 3 is 2.85 bits per heavy atom. The molecule has 1 atom stereocenters. The van der Waals surface area contributed by atoms with Crippen LogP contribution in [0.15, 0.2) is 6.33 Å². The van der Waals surface area contributed by atoms with Gasteiger partial charge in [-0.05, 0) is 19.3 Å². The van der Waals surface area contributed by atoms with E-state index in [0.29, 0.717) is 31.3 Å². The molecule has 0 radical (unpaired) electrons. The van der Waals surface area contributed by atoms with E-state index < -0.39 is 6.04 Å². The van der Waals surface area contributed by atoms with Crippen molar-refractivity contribution in [2.75, 3.05) is 6.54 Å². The van der Waals surface area contributed by atoms with Gasteiger partial charge in [-0.2, -0.15) is 5.10 Å². The van der Waals surface area contributed by atoms with Crippen LogP contribution >= 0.6 is 0 Å². The number of aromatic nitrogens is 3. The lowest BCUT2D eigenvalue weighted by atomic mass is 10.00. The summed E-state index contributed by atoms with van der Waals surface area (Å²) in [6.45, 7) is 7.14. The van der Waals surface area contributed by atoms with Crippen molar-refractivity contribution in [1.82, 2.24) is 25.0 Å². The lowest BCUT2D eigenvalue weighted by Crippen LogP contribution is -2.58. The lowest BCUT2D eigenvalue weighted by molar-refractivity contribution is -0.147. The molecule has 110 valence electrons. The van der Waals surface area contributed by atoms with E-state index in [4.69, 9.17) is 0 Å². The van der Waals surface area contributed by atoms with Crippen LogP contribution in [-0.4, -0.2) is 44.1 Å². The first-order valence-electron chi connectivity index (χ1n) is 6.96. The van der Waals surface area contributed by atoms with E-state index in [2.05, 4.69) is 15.4 Å². The summed E-state index contributed by atoms with van der Waals surface area (Å²) >= 11 is 0. The summed E-state index contributed by atoms with van der Waals surface area (Å²) < 4.78 is 1.74. The normalized spacial score (nSPS) is 19.6. The van der Waals surface area contributed by atoms with Crippen LogP contribution in [0.5, 0.6) is 0 Å². The van der Waals surface area contributed by atoms with Crippen LogP contribution in [-0.2, 0) is 22.7 Å². The van der Waals surface area contributed by atoms with Crippen molar-refractivity contribution in [3.8, 4) is 0 Å². The van der Waals surface area contributed by atoms with Crippen molar-refractivity contribution >= 4 is 11.8 Å².